The molecule has 1 N–H and O–H groups in total. The molecule has 140 valence electrons. The van der Waals surface area contributed by atoms with E-state index in [4.69, 9.17) is 18.9 Å². The first-order valence-electron chi connectivity index (χ1n) is 8.40. The highest BCUT2D eigenvalue weighted by Gasteiger charge is 2.22. The summed E-state index contributed by atoms with van der Waals surface area (Å²) in [6.45, 7) is 0. The maximum atomic E-state index is 11.2. The predicted octanol–water partition coefficient (Wildman–Crippen LogP) is 4.76. The van der Waals surface area contributed by atoms with E-state index >= 15 is 0 Å². The molecule has 0 aromatic heterocycles. The van der Waals surface area contributed by atoms with Gasteiger partial charge in [0.05, 0.1) is 39.6 Å². The summed E-state index contributed by atoms with van der Waals surface area (Å²) in [7, 11) is 6.29. The topological polar surface area (TPSA) is 57.2 Å². The van der Waals surface area contributed by atoms with Gasteiger partial charge in [0.2, 0.25) is 0 Å². The molecule has 0 spiro atoms. The Hall–Kier alpha value is -3.34. The first kappa shape index (κ1) is 18.5. The smallest absolute Gasteiger partial charge is 0.135 e. The molecule has 0 bridgehead atoms. The Morgan fingerprint density at radius 1 is 0.630 bits per heavy atom. The third-order valence-corrected chi connectivity index (χ3v) is 4.41. The summed E-state index contributed by atoms with van der Waals surface area (Å²) in [6, 6.07) is 16.7. The lowest BCUT2D eigenvalue weighted by Gasteiger charge is -2.19. The fraction of sp³-hybridized carbons (Fsp3) is 0.182. The van der Waals surface area contributed by atoms with Gasteiger partial charge in [-0.05, 0) is 17.7 Å². The van der Waals surface area contributed by atoms with Crippen LogP contribution in [0.2, 0.25) is 0 Å². The first-order chi connectivity index (χ1) is 13.1. The van der Waals surface area contributed by atoms with Crippen LogP contribution in [-0.2, 0) is 0 Å². The Morgan fingerprint density at radius 2 is 1.22 bits per heavy atom. The largest absolute Gasteiger partial charge is 0.507 e. The van der Waals surface area contributed by atoms with E-state index in [1.807, 2.05) is 36.4 Å². The molecule has 0 fully saturated rings. The highest BCUT2D eigenvalue weighted by Crippen LogP contribution is 2.50. The highest BCUT2D eigenvalue weighted by molar-refractivity contribution is 5.90. The molecule has 5 nitrogen and oxygen atoms in total. The standard InChI is InChI=1S/C22H22O5/c1-24-15-12-18(26-3)21(19(13-15)27-4)16-10-11-17(25-2)20(22(16)23)14-8-6-5-7-9-14/h5-13,23H,1-4H3. The van der Waals surface area contributed by atoms with E-state index < -0.39 is 0 Å². The number of methoxy groups -OCH3 is 4. The summed E-state index contributed by atoms with van der Waals surface area (Å²) in [6.07, 6.45) is 0. The molecule has 0 saturated heterocycles. The van der Waals surface area contributed by atoms with Gasteiger partial charge in [-0.3, -0.25) is 0 Å². The van der Waals surface area contributed by atoms with Crippen molar-refractivity contribution in [2.75, 3.05) is 28.4 Å². The Labute approximate surface area is 158 Å². The minimum atomic E-state index is 0.0855. The average molecular weight is 366 g/mol. The predicted molar refractivity (Wildman–Crippen MR) is 105 cm³/mol. The summed E-state index contributed by atoms with van der Waals surface area (Å²) < 4.78 is 21.9. The molecular weight excluding hydrogens is 344 g/mol. The van der Waals surface area contributed by atoms with Crippen LogP contribution in [0.25, 0.3) is 22.3 Å². The van der Waals surface area contributed by atoms with Gasteiger partial charge in [-0.15, -0.1) is 0 Å². The molecular formula is C22H22O5. The van der Waals surface area contributed by atoms with Gasteiger partial charge < -0.3 is 24.1 Å². The van der Waals surface area contributed by atoms with Crippen molar-refractivity contribution in [1.82, 2.24) is 0 Å². The Balaban J connectivity index is 2.31. The van der Waals surface area contributed by atoms with Crippen molar-refractivity contribution in [3.05, 3.63) is 54.6 Å². The fourth-order valence-electron chi connectivity index (χ4n) is 3.10. The van der Waals surface area contributed by atoms with Crippen LogP contribution >= 0.6 is 0 Å². The molecule has 27 heavy (non-hydrogen) atoms. The maximum absolute atomic E-state index is 11.2. The van der Waals surface area contributed by atoms with E-state index in [2.05, 4.69) is 0 Å². The number of rotatable bonds is 6. The van der Waals surface area contributed by atoms with Crippen molar-refractivity contribution >= 4 is 0 Å². The normalized spacial score (nSPS) is 10.4. The number of hydrogen-bond donors (Lipinski definition) is 1. The summed E-state index contributed by atoms with van der Waals surface area (Å²) in [5.41, 5.74) is 2.67. The Morgan fingerprint density at radius 3 is 1.74 bits per heavy atom. The zero-order valence-corrected chi connectivity index (χ0v) is 15.8. The lowest BCUT2D eigenvalue weighted by Crippen LogP contribution is -1.97. The number of phenols is 1. The minimum absolute atomic E-state index is 0.0855. The molecule has 0 aliphatic rings. The van der Waals surface area contributed by atoms with Crippen LogP contribution in [0.4, 0.5) is 0 Å². The number of benzene rings is 3. The van der Waals surface area contributed by atoms with Crippen molar-refractivity contribution in [1.29, 1.82) is 0 Å². The lowest BCUT2D eigenvalue weighted by atomic mass is 9.95. The lowest BCUT2D eigenvalue weighted by molar-refractivity contribution is 0.377. The minimum Gasteiger partial charge on any atom is -0.507 e. The van der Waals surface area contributed by atoms with Crippen LogP contribution in [0.15, 0.2) is 54.6 Å². The van der Waals surface area contributed by atoms with E-state index in [-0.39, 0.29) is 5.75 Å². The number of ether oxygens (including phenoxy) is 4. The molecule has 3 aromatic carbocycles. The van der Waals surface area contributed by atoms with E-state index in [1.54, 1.807) is 46.6 Å². The van der Waals surface area contributed by atoms with Crippen molar-refractivity contribution in [2.24, 2.45) is 0 Å². The molecule has 0 radical (unpaired) electrons. The van der Waals surface area contributed by atoms with Crippen LogP contribution in [-0.4, -0.2) is 33.5 Å². The van der Waals surface area contributed by atoms with Crippen LogP contribution < -0.4 is 18.9 Å². The SMILES string of the molecule is COc1cc(OC)c(-c2ccc(OC)c(-c3ccccc3)c2O)c(OC)c1. The quantitative estimate of drug-likeness (QED) is 0.682. The van der Waals surface area contributed by atoms with Crippen LogP contribution in [0.5, 0.6) is 28.7 Å². The second kappa shape index (κ2) is 7.91. The molecule has 0 heterocycles. The van der Waals surface area contributed by atoms with Crippen molar-refractivity contribution in [3.8, 4) is 51.0 Å². The summed E-state index contributed by atoms with van der Waals surface area (Å²) in [5.74, 6) is 2.33. The van der Waals surface area contributed by atoms with Gasteiger partial charge in [-0.1, -0.05) is 30.3 Å². The maximum Gasteiger partial charge on any atom is 0.135 e. The van der Waals surface area contributed by atoms with Crippen molar-refractivity contribution in [3.63, 3.8) is 0 Å². The fourth-order valence-corrected chi connectivity index (χ4v) is 3.10. The van der Waals surface area contributed by atoms with E-state index in [0.717, 1.165) is 5.56 Å². The van der Waals surface area contributed by atoms with Crippen LogP contribution in [0.3, 0.4) is 0 Å². The zero-order chi connectivity index (χ0) is 19.4. The molecule has 3 aromatic rings. The summed E-state index contributed by atoms with van der Waals surface area (Å²) in [5, 5.41) is 11.2. The van der Waals surface area contributed by atoms with E-state index in [1.165, 1.54) is 0 Å². The molecule has 0 unspecified atom stereocenters. The monoisotopic (exact) mass is 366 g/mol. The molecule has 0 aliphatic carbocycles. The molecule has 0 saturated carbocycles. The van der Waals surface area contributed by atoms with E-state index in [9.17, 15) is 5.11 Å². The van der Waals surface area contributed by atoms with Gasteiger partial charge in [0.15, 0.2) is 0 Å². The van der Waals surface area contributed by atoms with Gasteiger partial charge in [0, 0.05) is 17.7 Å². The summed E-state index contributed by atoms with van der Waals surface area (Å²) in [4.78, 5) is 0. The Bertz CT molecular complexity index is 910. The molecule has 0 atom stereocenters. The third-order valence-electron chi connectivity index (χ3n) is 4.41. The average Bonchev–Trinajstić information content (AvgIpc) is 2.73. The summed E-state index contributed by atoms with van der Waals surface area (Å²) >= 11 is 0. The van der Waals surface area contributed by atoms with Gasteiger partial charge in [-0.2, -0.15) is 0 Å². The van der Waals surface area contributed by atoms with Crippen LogP contribution in [0.1, 0.15) is 0 Å². The molecule has 5 heteroatoms. The molecule has 0 amide bonds. The Kier molecular flexibility index (Phi) is 5.41. The number of aromatic hydroxyl groups is 1. The van der Waals surface area contributed by atoms with E-state index in [0.29, 0.717) is 39.7 Å². The number of hydrogen-bond acceptors (Lipinski definition) is 5. The van der Waals surface area contributed by atoms with Crippen LogP contribution in [0, 0.1) is 0 Å². The second-order valence-electron chi connectivity index (χ2n) is 5.81. The van der Waals surface area contributed by atoms with Gasteiger partial charge in [-0.25, -0.2) is 0 Å². The van der Waals surface area contributed by atoms with Crippen molar-refractivity contribution < 1.29 is 24.1 Å². The molecule has 0 aliphatic heterocycles. The first-order valence-corrected chi connectivity index (χ1v) is 8.40. The highest BCUT2D eigenvalue weighted by atomic mass is 16.5. The zero-order valence-electron chi connectivity index (χ0n) is 15.8. The number of phenolic OH excluding ortho intramolecular Hbond substituents is 1. The molecule has 3 rings (SSSR count). The second-order valence-corrected chi connectivity index (χ2v) is 5.81. The third kappa shape index (κ3) is 3.36. The van der Waals surface area contributed by atoms with Gasteiger partial charge in [0.25, 0.3) is 0 Å². The van der Waals surface area contributed by atoms with Gasteiger partial charge >= 0.3 is 0 Å². The van der Waals surface area contributed by atoms with Gasteiger partial charge in [0.1, 0.15) is 28.7 Å². The van der Waals surface area contributed by atoms with Crippen molar-refractivity contribution in [2.45, 2.75) is 0 Å².